The van der Waals surface area contributed by atoms with Gasteiger partial charge in [-0.05, 0) is 49.9 Å². The average Bonchev–Trinajstić information content (AvgIpc) is 2.41. The summed E-state index contributed by atoms with van der Waals surface area (Å²) in [5, 5.41) is 12.5. The molecule has 3 nitrogen and oxygen atoms in total. The molecule has 0 aromatic heterocycles. The zero-order valence-electron chi connectivity index (χ0n) is 11.5. The van der Waals surface area contributed by atoms with Crippen molar-refractivity contribution in [2.75, 3.05) is 26.3 Å². The lowest BCUT2D eigenvalue weighted by atomic mass is 10.1. The summed E-state index contributed by atoms with van der Waals surface area (Å²) < 4.78 is 5.40. The molecule has 0 heterocycles. The molecule has 0 saturated carbocycles. The predicted octanol–water partition coefficient (Wildman–Crippen LogP) is 2.24. The fourth-order valence-electron chi connectivity index (χ4n) is 1.80. The van der Waals surface area contributed by atoms with Crippen LogP contribution in [0.4, 0.5) is 0 Å². The second-order valence-electron chi connectivity index (χ2n) is 4.49. The van der Waals surface area contributed by atoms with Crippen molar-refractivity contribution in [3.8, 4) is 5.75 Å². The minimum atomic E-state index is 0.270. The Bertz CT molecular complexity index is 307. The van der Waals surface area contributed by atoms with Crippen molar-refractivity contribution in [3.63, 3.8) is 0 Å². The van der Waals surface area contributed by atoms with E-state index in [0.29, 0.717) is 12.5 Å². The summed E-state index contributed by atoms with van der Waals surface area (Å²) in [6.45, 7) is 6.92. The van der Waals surface area contributed by atoms with E-state index in [9.17, 15) is 0 Å². The first-order valence-electron chi connectivity index (χ1n) is 6.83. The molecule has 0 aliphatic heterocycles. The van der Waals surface area contributed by atoms with Gasteiger partial charge in [0.25, 0.3) is 0 Å². The molecule has 1 atom stereocenters. The Balaban J connectivity index is 2.22. The summed E-state index contributed by atoms with van der Waals surface area (Å²) in [5.41, 5.74) is 1.31. The molecule has 0 radical (unpaired) electrons. The van der Waals surface area contributed by atoms with Gasteiger partial charge < -0.3 is 15.2 Å². The van der Waals surface area contributed by atoms with Gasteiger partial charge in [0, 0.05) is 13.2 Å². The number of hydrogen-bond donors (Lipinski definition) is 2. The average molecular weight is 251 g/mol. The molecule has 0 aliphatic carbocycles. The second kappa shape index (κ2) is 8.95. The van der Waals surface area contributed by atoms with Gasteiger partial charge in [-0.15, -0.1) is 0 Å². The highest BCUT2D eigenvalue weighted by atomic mass is 16.5. The van der Waals surface area contributed by atoms with Crippen LogP contribution in [0.2, 0.25) is 0 Å². The largest absolute Gasteiger partial charge is 0.494 e. The van der Waals surface area contributed by atoms with Crippen LogP contribution in [0, 0.1) is 5.92 Å². The normalized spacial score (nSPS) is 12.4. The Hall–Kier alpha value is -1.06. The van der Waals surface area contributed by atoms with Gasteiger partial charge in [-0.1, -0.05) is 19.1 Å². The molecule has 0 fully saturated rings. The van der Waals surface area contributed by atoms with E-state index in [1.807, 2.05) is 19.1 Å². The smallest absolute Gasteiger partial charge is 0.119 e. The zero-order chi connectivity index (χ0) is 13.2. The highest BCUT2D eigenvalue weighted by Gasteiger charge is 2.03. The zero-order valence-corrected chi connectivity index (χ0v) is 11.5. The Morgan fingerprint density at radius 2 is 1.94 bits per heavy atom. The number of nitrogens with one attached hydrogen (secondary N) is 1. The Labute approximate surface area is 110 Å². The maximum Gasteiger partial charge on any atom is 0.119 e. The van der Waals surface area contributed by atoms with Gasteiger partial charge in [0.2, 0.25) is 0 Å². The van der Waals surface area contributed by atoms with Gasteiger partial charge >= 0.3 is 0 Å². The third-order valence-corrected chi connectivity index (χ3v) is 3.09. The van der Waals surface area contributed by atoms with Gasteiger partial charge in [0.15, 0.2) is 0 Å². The summed E-state index contributed by atoms with van der Waals surface area (Å²) in [4.78, 5) is 0. The van der Waals surface area contributed by atoms with Crippen LogP contribution in [0.25, 0.3) is 0 Å². The number of aliphatic hydroxyl groups is 1. The van der Waals surface area contributed by atoms with Gasteiger partial charge in [0.1, 0.15) is 5.75 Å². The molecule has 0 amide bonds. The second-order valence-corrected chi connectivity index (χ2v) is 4.49. The molecular weight excluding hydrogens is 226 g/mol. The molecule has 0 aliphatic rings. The molecule has 2 N–H and O–H groups in total. The molecule has 3 heteroatoms. The molecule has 1 aromatic carbocycles. The van der Waals surface area contributed by atoms with Crippen LogP contribution >= 0.6 is 0 Å². The van der Waals surface area contributed by atoms with Crippen LogP contribution in [0.1, 0.15) is 25.8 Å². The summed E-state index contributed by atoms with van der Waals surface area (Å²) in [5.74, 6) is 1.31. The standard InChI is InChI=1S/C15H25NO2/c1-3-13(12-17)11-16-10-9-14-5-7-15(8-6-14)18-4-2/h5-8,13,16-17H,3-4,9-12H2,1-2H3. The lowest BCUT2D eigenvalue weighted by molar-refractivity contribution is 0.219. The Morgan fingerprint density at radius 3 is 2.50 bits per heavy atom. The van der Waals surface area contributed by atoms with Crippen molar-refractivity contribution in [1.29, 1.82) is 0 Å². The Kier molecular flexibility index (Phi) is 7.46. The van der Waals surface area contributed by atoms with E-state index in [2.05, 4.69) is 24.4 Å². The molecular formula is C15H25NO2. The van der Waals surface area contributed by atoms with Crippen molar-refractivity contribution in [1.82, 2.24) is 5.32 Å². The third-order valence-electron chi connectivity index (χ3n) is 3.09. The molecule has 1 unspecified atom stereocenters. The fourth-order valence-corrected chi connectivity index (χ4v) is 1.80. The van der Waals surface area contributed by atoms with Gasteiger partial charge in [-0.25, -0.2) is 0 Å². The van der Waals surface area contributed by atoms with E-state index in [4.69, 9.17) is 9.84 Å². The van der Waals surface area contributed by atoms with Gasteiger partial charge in [0.05, 0.1) is 6.61 Å². The topological polar surface area (TPSA) is 41.5 Å². The van der Waals surface area contributed by atoms with Crippen LogP contribution < -0.4 is 10.1 Å². The number of aliphatic hydroxyl groups excluding tert-OH is 1. The Morgan fingerprint density at radius 1 is 1.22 bits per heavy atom. The van der Waals surface area contributed by atoms with E-state index < -0.39 is 0 Å². The quantitative estimate of drug-likeness (QED) is 0.661. The SMILES string of the molecule is CCOc1ccc(CCNCC(CC)CO)cc1. The van der Waals surface area contributed by atoms with Crippen molar-refractivity contribution >= 4 is 0 Å². The summed E-state index contributed by atoms with van der Waals surface area (Å²) in [6.07, 6.45) is 2.03. The summed E-state index contributed by atoms with van der Waals surface area (Å²) in [6, 6.07) is 8.24. The van der Waals surface area contributed by atoms with Crippen molar-refractivity contribution in [2.45, 2.75) is 26.7 Å². The summed E-state index contributed by atoms with van der Waals surface area (Å²) >= 11 is 0. The van der Waals surface area contributed by atoms with E-state index in [1.165, 1.54) is 5.56 Å². The lowest BCUT2D eigenvalue weighted by Crippen LogP contribution is -2.26. The molecule has 18 heavy (non-hydrogen) atoms. The van der Waals surface area contributed by atoms with E-state index in [0.717, 1.165) is 31.7 Å². The van der Waals surface area contributed by atoms with E-state index in [-0.39, 0.29) is 6.61 Å². The molecule has 1 aromatic rings. The lowest BCUT2D eigenvalue weighted by Gasteiger charge is -2.12. The predicted molar refractivity (Wildman–Crippen MR) is 75.1 cm³/mol. The first-order chi connectivity index (χ1) is 8.80. The molecule has 102 valence electrons. The molecule has 0 saturated heterocycles. The van der Waals surface area contributed by atoms with Crippen LogP contribution in [0.3, 0.4) is 0 Å². The number of rotatable bonds is 9. The number of benzene rings is 1. The van der Waals surface area contributed by atoms with Crippen LogP contribution in [0.15, 0.2) is 24.3 Å². The van der Waals surface area contributed by atoms with Crippen LogP contribution in [-0.2, 0) is 6.42 Å². The van der Waals surface area contributed by atoms with E-state index >= 15 is 0 Å². The maximum absolute atomic E-state index is 9.07. The van der Waals surface area contributed by atoms with Crippen molar-refractivity contribution in [3.05, 3.63) is 29.8 Å². The molecule has 0 spiro atoms. The monoisotopic (exact) mass is 251 g/mol. The van der Waals surface area contributed by atoms with Crippen LogP contribution in [-0.4, -0.2) is 31.4 Å². The first-order valence-corrected chi connectivity index (χ1v) is 6.83. The van der Waals surface area contributed by atoms with Crippen molar-refractivity contribution < 1.29 is 9.84 Å². The molecule has 1 rings (SSSR count). The number of hydrogen-bond acceptors (Lipinski definition) is 3. The fraction of sp³-hybridized carbons (Fsp3) is 0.600. The van der Waals surface area contributed by atoms with Gasteiger partial charge in [-0.2, -0.15) is 0 Å². The summed E-state index contributed by atoms with van der Waals surface area (Å²) in [7, 11) is 0. The minimum Gasteiger partial charge on any atom is -0.494 e. The molecule has 0 bridgehead atoms. The minimum absolute atomic E-state index is 0.270. The van der Waals surface area contributed by atoms with Crippen LogP contribution in [0.5, 0.6) is 5.75 Å². The third kappa shape index (κ3) is 5.52. The first kappa shape index (κ1) is 15.0. The number of ether oxygens (including phenoxy) is 1. The van der Waals surface area contributed by atoms with Crippen molar-refractivity contribution in [2.24, 2.45) is 5.92 Å². The van der Waals surface area contributed by atoms with E-state index in [1.54, 1.807) is 0 Å². The van der Waals surface area contributed by atoms with Gasteiger partial charge in [-0.3, -0.25) is 0 Å². The highest BCUT2D eigenvalue weighted by Crippen LogP contribution is 2.12. The maximum atomic E-state index is 9.07. The highest BCUT2D eigenvalue weighted by molar-refractivity contribution is 5.27.